The third kappa shape index (κ3) is 2.59. The first-order valence-electron chi connectivity index (χ1n) is 4.13. The van der Waals surface area contributed by atoms with Crippen LogP contribution in [0.3, 0.4) is 0 Å². The third-order valence-corrected chi connectivity index (χ3v) is 2.19. The molecule has 4 heteroatoms. The number of hydrogen-bond acceptors (Lipinski definition) is 3. The van der Waals surface area contributed by atoms with E-state index in [4.69, 9.17) is 4.74 Å². The van der Waals surface area contributed by atoms with Crippen molar-refractivity contribution in [2.24, 2.45) is 0 Å². The molecule has 0 spiro atoms. The lowest BCUT2D eigenvalue weighted by molar-refractivity contribution is -0.139. The summed E-state index contributed by atoms with van der Waals surface area (Å²) in [5.74, 6) is -0.281. The molecule has 0 aromatic rings. The molecular formula is C9H12BrNO2. The fraction of sp³-hybridized carbons (Fsp3) is 0.444. The van der Waals surface area contributed by atoms with Crippen LogP contribution in [0.1, 0.15) is 13.8 Å². The summed E-state index contributed by atoms with van der Waals surface area (Å²) < 4.78 is 5.92. The van der Waals surface area contributed by atoms with Gasteiger partial charge >= 0.3 is 5.97 Å². The number of hydrogen-bond donors (Lipinski definition) is 1. The number of dihydropyridines is 1. The van der Waals surface area contributed by atoms with Crippen LogP contribution in [0.15, 0.2) is 21.8 Å². The largest absolute Gasteiger partial charge is 0.461 e. The molecule has 0 aromatic heterocycles. The Bertz CT molecular complexity index is 281. The summed E-state index contributed by atoms with van der Waals surface area (Å²) >= 11 is 3.36. The second kappa shape index (κ2) is 4.46. The van der Waals surface area contributed by atoms with Crippen LogP contribution >= 0.6 is 15.9 Å². The molecular weight excluding hydrogens is 234 g/mol. The monoisotopic (exact) mass is 245 g/mol. The highest BCUT2D eigenvalue weighted by Gasteiger charge is 2.16. The van der Waals surface area contributed by atoms with E-state index in [9.17, 15) is 4.79 Å². The molecule has 0 fully saturated rings. The molecule has 0 unspecified atom stereocenters. The van der Waals surface area contributed by atoms with E-state index >= 15 is 0 Å². The Labute approximate surface area is 86.0 Å². The van der Waals surface area contributed by atoms with Crippen molar-refractivity contribution in [2.45, 2.75) is 13.8 Å². The predicted octanol–water partition coefficient (Wildman–Crippen LogP) is 1.71. The highest BCUT2D eigenvalue weighted by molar-refractivity contribution is 9.11. The van der Waals surface area contributed by atoms with E-state index in [1.54, 1.807) is 6.92 Å². The standard InChI is InChI=1S/C9H12BrNO2/c1-3-13-9(12)8-6(2)4-7(10)5-11-8/h4,11H,3,5H2,1-2H3. The van der Waals surface area contributed by atoms with Crippen LogP contribution in [0, 0.1) is 0 Å². The Kier molecular flexibility index (Phi) is 3.54. The van der Waals surface area contributed by atoms with E-state index in [2.05, 4.69) is 21.2 Å². The number of rotatable bonds is 2. The molecule has 0 radical (unpaired) electrons. The number of esters is 1. The van der Waals surface area contributed by atoms with Gasteiger partial charge in [0, 0.05) is 11.0 Å². The maximum Gasteiger partial charge on any atom is 0.354 e. The molecule has 0 aliphatic carbocycles. The molecule has 1 N–H and O–H groups in total. The van der Waals surface area contributed by atoms with Crippen LogP contribution < -0.4 is 5.32 Å². The number of carbonyl (C=O) groups is 1. The maximum absolute atomic E-state index is 11.3. The number of carbonyl (C=O) groups excluding carboxylic acids is 1. The molecule has 13 heavy (non-hydrogen) atoms. The van der Waals surface area contributed by atoms with E-state index < -0.39 is 0 Å². The van der Waals surface area contributed by atoms with Gasteiger partial charge in [-0.2, -0.15) is 0 Å². The van der Waals surface area contributed by atoms with Gasteiger partial charge in [0.2, 0.25) is 0 Å². The first-order valence-corrected chi connectivity index (χ1v) is 4.92. The normalized spacial score (nSPS) is 16.4. The molecule has 0 bridgehead atoms. The van der Waals surface area contributed by atoms with E-state index in [1.165, 1.54) is 0 Å². The van der Waals surface area contributed by atoms with Gasteiger partial charge < -0.3 is 10.1 Å². The van der Waals surface area contributed by atoms with Gasteiger partial charge in [0.15, 0.2) is 0 Å². The Morgan fingerprint density at radius 1 is 1.77 bits per heavy atom. The molecule has 72 valence electrons. The van der Waals surface area contributed by atoms with E-state index in [0.717, 1.165) is 10.1 Å². The van der Waals surface area contributed by atoms with Crippen LogP contribution in [0.5, 0.6) is 0 Å². The van der Waals surface area contributed by atoms with Crippen molar-refractivity contribution in [3.05, 3.63) is 21.8 Å². The second-order valence-corrected chi connectivity index (χ2v) is 3.74. The minimum absolute atomic E-state index is 0.281. The van der Waals surface area contributed by atoms with Gasteiger partial charge in [0.25, 0.3) is 0 Å². The number of halogens is 1. The number of allylic oxidation sites excluding steroid dienone is 2. The average molecular weight is 246 g/mol. The maximum atomic E-state index is 11.3. The quantitative estimate of drug-likeness (QED) is 0.754. The van der Waals surface area contributed by atoms with Crippen molar-refractivity contribution < 1.29 is 9.53 Å². The smallest absolute Gasteiger partial charge is 0.354 e. The Balaban J connectivity index is 2.79. The first kappa shape index (κ1) is 10.3. The summed E-state index contributed by atoms with van der Waals surface area (Å²) in [5.41, 5.74) is 1.46. The van der Waals surface area contributed by atoms with Crippen molar-refractivity contribution in [3.8, 4) is 0 Å². The highest BCUT2D eigenvalue weighted by atomic mass is 79.9. The number of ether oxygens (including phenoxy) is 1. The van der Waals surface area contributed by atoms with E-state index in [-0.39, 0.29) is 5.97 Å². The summed E-state index contributed by atoms with van der Waals surface area (Å²) in [6, 6.07) is 0. The van der Waals surface area contributed by atoms with Crippen LogP contribution in [0.2, 0.25) is 0 Å². The Morgan fingerprint density at radius 3 is 3.00 bits per heavy atom. The van der Waals surface area contributed by atoms with Gasteiger partial charge in [-0.1, -0.05) is 15.9 Å². The van der Waals surface area contributed by atoms with Crippen LogP contribution in [-0.2, 0) is 9.53 Å². The van der Waals surface area contributed by atoms with E-state index in [0.29, 0.717) is 18.8 Å². The summed E-state index contributed by atoms with van der Waals surface area (Å²) in [6.07, 6.45) is 1.92. The minimum Gasteiger partial charge on any atom is -0.461 e. The van der Waals surface area contributed by atoms with Gasteiger partial charge in [0.1, 0.15) is 5.70 Å². The lowest BCUT2D eigenvalue weighted by atomic mass is 10.1. The zero-order valence-electron chi connectivity index (χ0n) is 7.69. The molecule has 1 aliphatic heterocycles. The second-order valence-electron chi connectivity index (χ2n) is 2.72. The van der Waals surface area contributed by atoms with Gasteiger partial charge in [-0.05, 0) is 25.5 Å². The molecule has 1 aliphatic rings. The molecule has 0 saturated carbocycles. The lowest BCUT2D eigenvalue weighted by Gasteiger charge is -2.16. The van der Waals surface area contributed by atoms with Gasteiger partial charge in [-0.3, -0.25) is 0 Å². The van der Waals surface area contributed by atoms with Gasteiger partial charge in [0.05, 0.1) is 6.61 Å². The lowest BCUT2D eigenvalue weighted by Crippen LogP contribution is -2.27. The van der Waals surface area contributed by atoms with Crippen molar-refractivity contribution >= 4 is 21.9 Å². The topological polar surface area (TPSA) is 38.3 Å². The highest BCUT2D eigenvalue weighted by Crippen LogP contribution is 2.16. The van der Waals surface area contributed by atoms with Crippen LogP contribution in [0.4, 0.5) is 0 Å². The third-order valence-electron chi connectivity index (χ3n) is 1.68. The van der Waals surface area contributed by atoms with Crippen LogP contribution in [0.25, 0.3) is 0 Å². The summed E-state index contributed by atoms with van der Waals surface area (Å²) in [7, 11) is 0. The summed E-state index contributed by atoms with van der Waals surface area (Å²) in [4.78, 5) is 11.3. The van der Waals surface area contributed by atoms with Gasteiger partial charge in [-0.25, -0.2) is 4.79 Å². The molecule has 0 amide bonds. The fourth-order valence-corrected chi connectivity index (χ4v) is 1.59. The SMILES string of the molecule is CCOC(=O)C1=C(C)C=C(Br)CN1. The summed E-state index contributed by atoms with van der Waals surface area (Å²) in [5, 5.41) is 2.99. The molecule has 0 aromatic carbocycles. The molecule has 1 heterocycles. The van der Waals surface area contributed by atoms with Crippen molar-refractivity contribution in [2.75, 3.05) is 13.2 Å². The Hall–Kier alpha value is -0.770. The molecule has 0 atom stereocenters. The zero-order chi connectivity index (χ0) is 9.84. The van der Waals surface area contributed by atoms with Gasteiger partial charge in [-0.15, -0.1) is 0 Å². The van der Waals surface area contributed by atoms with Crippen molar-refractivity contribution in [1.82, 2.24) is 5.32 Å². The number of nitrogens with one attached hydrogen (secondary N) is 1. The zero-order valence-corrected chi connectivity index (χ0v) is 9.27. The first-order chi connectivity index (χ1) is 6.15. The van der Waals surface area contributed by atoms with E-state index in [1.807, 2.05) is 13.0 Å². The summed E-state index contributed by atoms with van der Waals surface area (Å²) in [6.45, 7) is 4.72. The molecule has 1 rings (SSSR count). The van der Waals surface area contributed by atoms with Crippen molar-refractivity contribution in [3.63, 3.8) is 0 Å². The molecule has 3 nitrogen and oxygen atoms in total. The fourth-order valence-electron chi connectivity index (χ4n) is 1.11. The van der Waals surface area contributed by atoms with Crippen LogP contribution in [-0.4, -0.2) is 19.1 Å². The van der Waals surface area contributed by atoms with Crippen molar-refractivity contribution in [1.29, 1.82) is 0 Å². The molecule has 0 saturated heterocycles. The minimum atomic E-state index is -0.281. The average Bonchev–Trinajstić information content (AvgIpc) is 2.04. The predicted molar refractivity (Wildman–Crippen MR) is 54.3 cm³/mol. The Morgan fingerprint density at radius 2 is 2.46 bits per heavy atom.